The van der Waals surface area contributed by atoms with Gasteiger partial charge in [-0.05, 0) is 30.2 Å². The number of sulfonamides is 1. The van der Waals surface area contributed by atoms with Gasteiger partial charge in [-0.25, -0.2) is 8.42 Å². The van der Waals surface area contributed by atoms with Gasteiger partial charge in [0.1, 0.15) is 11.8 Å². The van der Waals surface area contributed by atoms with Gasteiger partial charge in [0.05, 0.1) is 6.26 Å². The van der Waals surface area contributed by atoms with Gasteiger partial charge in [0, 0.05) is 18.3 Å². The Morgan fingerprint density at radius 1 is 1.10 bits per heavy atom. The van der Waals surface area contributed by atoms with Crippen LogP contribution in [0.1, 0.15) is 22.9 Å². The second-order valence-corrected chi connectivity index (χ2v) is 8.36. The summed E-state index contributed by atoms with van der Waals surface area (Å²) in [5, 5.41) is 9.76. The molecule has 0 spiro atoms. The van der Waals surface area contributed by atoms with Gasteiger partial charge in [-0.2, -0.15) is 0 Å². The number of hydrogen-bond donors (Lipinski definition) is 3. The van der Waals surface area contributed by atoms with Gasteiger partial charge in [-0.1, -0.05) is 47.6 Å². The maximum atomic E-state index is 12.9. The van der Waals surface area contributed by atoms with E-state index < -0.39 is 16.1 Å². The summed E-state index contributed by atoms with van der Waals surface area (Å²) in [4.78, 5) is 12.9. The molecule has 0 bridgehead atoms. The first kappa shape index (κ1) is 20.6. The number of benzene rings is 2. The fourth-order valence-corrected chi connectivity index (χ4v) is 3.37. The third-order valence-electron chi connectivity index (χ3n) is 4.01. The van der Waals surface area contributed by atoms with Crippen molar-refractivity contribution in [3.05, 3.63) is 77.6 Å². The Morgan fingerprint density at radius 3 is 2.52 bits per heavy atom. The number of nitrogens with zero attached hydrogens (tertiary/aromatic N) is 1. The number of rotatable bonds is 8. The second-order valence-electron chi connectivity index (χ2n) is 6.61. The van der Waals surface area contributed by atoms with Crippen LogP contribution in [0.2, 0.25) is 0 Å². The fraction of sp³-hybridized carbons (Fsp3) is 0.200. The minimum Gasteiger partial charge on any atom is -0.360 e. The molecule has 1 amide bonds. The van der Waals surface area contributed by atoms with Crippen LogP contribution in [0.15, 0.2) is 65.2 Å². The Balaban J connectivity index is 1.75. The standard InChI is InChI=1S/C20H22N4O4S/c1-14-11-18(23-28-14)22-20(25)19(16-8-4-3-5-9-16)21-13-15-7-6-10-17(12-15)24-29(2,26)27/h3-12,19,21,24H,13H2,1-2H3,(H,22,23,25). The highest BCUT2D eigenvalue weighted by Gasteiger charge is 2.21. The third kappa shape index (κ3) is 6.16. The minimum atomic E-state index is -3.36. The third-order valence-corrected chi connectivity index (χ3v) is 4.62. The molecular weight excluding hydrogens is 392 g/mol. The molecule has 3 aromatic rings. The number of aryl methyl sites for hydroxylation is 1. The van der Waals surface area contributed by atoms with Crippen LogP contribution in [0.25, 0.3) is 0 Å². The average Bonchev–Trinajstić information content (AvgIpc) is 3.06. The SMILES string of the molecule is Cc1cc(NC(=O)C(NCc2cccc(NS(C)(=O)=O)c2)c2ccccc2)no1. The molecular formula is C20H22N4O4S. The zero-order valence-corrected chi connectivity index (χ0v) is 16.9. The van der Waals surface area contributed by atoms with Crippen molar-refractivity contribution in [1.29, 1.82) is 0 Å². The predicted molar refractivity (Wildman–Crippen MR) is 111 cm³/mol. The number of aromatic nitrogens is 1. The van der Waals surface area contributed by atoms with Crippen LogP contribution >= 0.6 is 0 Å². The first-order valence-electron chi connectivity index (χ1n) is 8.89. The van der Waals surface area contributed by atoms with Crippen molar-refractivity contribution < 1.29 is 17.7 Å². The number of carbonyl (C=O) groups excluding carboxylic acids is 1. The lowest BCUT2D eigenvalue weighted by atomic mass is 10.1. The lowest BCUT2D eigenvalue weighted by Crippen LogP contribution is -2.32. The Bertz CT molecular complexity index is 1080. The highest BCUT2D eigenvalue weighted by molar-refractivity contribution is 7.92. The van der Waals surface area contributed by atoms with Crippen molar-refractivity contribution in [3.63, 3.8) is 0 Å². The molecule has 29 heavy (non-hydrogen) atoms. The van der Waals surface area contributed by atoms with E-state index in [9.17, 15) is 13.2 Å². The summed E-state index contributed by atoms with van der Waals surface area (Å²) in [5.74, 6) is 0.657. The molecule has 8 nitrogen and oxygen atoms in total. The molecule has 0 aliphatic rings. The topological polar surface area (TPSA) is 113 Å². The molecule has 0 aliphatic carbocycles. The molecule has 0 saturated heterocycles. The first-order chi connectivity index (χ1) is 13.8. The fourth-order valence-electron chi connectivity index (χ4n) is 2.81. The summed E-state index contributed by atoms with van der Waals surface area (Å²) in [6.07, 6.45) is 1.10. The molecule has 9 heteroatoms. The molecule has 3 N–H and O–H groups in total. The maximum absolute atomic E-state index is 12.9. The molecule has 3 rings (SSSR count). The van der Waals surface area contributed by atoms with Crippen LogP contribution in [0.4, 0.5) is 11.5 Å². The van der Waals surface area contributed by atoms with Gasteiger partial charge in [-0.3, -0.25) is 14.8 Å². The molecule has 152 valence electrons. The van der Waals surface area contributed by atoms with Crippen LogP contribution in [0.3, 0.4) is 0 Å². The zero-order valence-electron chi connectivity index (χ0n) is 16.0. The van der Waals surface area contributed by atoms with Crippen molar-refractivity contribution in [1.82, 2.24) is 10.5 Å². The number of amides is 1. The summed E-state index contributed by atoms with van der Waals surface area (Å²) < 4.78 is 30.3. The lowest BCUT2D eigenvalue weighted by Gasteiger charge is -2.18. The Kier molecular flexibility index (Phi) is 6.30. The van der Waals surface area contributed by atoms with Crippen LogP contribution in [0, 0.1) is 6.92 Å². The summed E-state index contributed by atoms with van der Waals surface area (Å²) in [5.41, 5.74) is 2.07. The Labute approximate surface area is 169 Å². The summed E-state index contributed by atoms with van der Waals surface area (Å²) in [7, 11) is -3.36. The minimum absolute atomic E-state index is 0.282. The van der Waals surface area contributed by atoms with E-state index in [0.29, 0.717) is 23.8 Å². The van der Waals surface area contributed by atoms with E-state index in [-0.39, 0.29) is 5.91 Å². The van der Waals surface area contributed by atoms with Crippen LogP contribution in [-0.4, -0.2) is 25.7 Å². The van der Waals surface area contributed by atoms with E-state index >= 15 is 0 Å². The molecule has 1 aromatic heterocycles. The van der Waals surface area contributed by atoms with Crippen LogP contribution < -0.4 is 15.4 Å². The number of hydrogen-bond acceptors (Lipinski definition) is 6. The van der Waals surface area contributed by atoms with Gasteiger partial charge in [0.25, 0.3) is 0 Å². The quantitative estimate of drug-likeness (QED) is 0.522. The van der Waals surface area contributed by atoms with E-state index in [1.165, 1.54) is 0 Å². The van der Waals surface area contributed by atoms with Crippen molar-refractivity contribution >= 4 is 27.4 Å². The first-order valence-corrected chi connectivity index (χ1v) is 10.8. The summed E-state index contributed by atoms with van der Waals surface area (Å²) >= 11 is 0. The Morgan fingerprint density at radius 2 is 1.86 bits per heavy atom. The summed E-state index contributed by atoms with van der Waals surface area (Å²) in [6.45, 7) is 2.09. The highest BCUT2D eigenvalue weighted by Crippen LogP contribution is 2.18. The van der Waals surface area contributed by atoms with Crippen molar-refractivity contribution in [2.75, 3.05) is 16.3 Å². The number of anilines is 2. The van der Waals surface area contributed by atoms with E-state index in [4.69, 9.17) is 4.52 Å². The molecule has 1 heterocycles. The molecule has 0 fully saturated rings. The van der Waals surface area contributed by atoms with Gasteiger partial charge in [-0.15, -0.1) is 0 Å². The van der Waals surface area contributed by atoms with Crippen molar-refractivity contribution in [2.24, 2.45) is 0 Å². The molecule has 0 saturated carbocycles. The molecule has 1 atom stereocenters. The molecule has 0 aliphatic heterocycles. The zero-order chi connectivity index (χ0) is 20.9. The molecule has 0 radical (unpaired) electrons. The van der Waals surface area contributed by atoms with Gasteiger partial charge >= 0.3 is 0 Å². The van der Waals surface area contributed by atoms with Crippen molar-refractivity contribution in [2.45, 2.75) is 19.5 Å². The van der Waals surface area contributed by atoms with E-state index in [1.54, 1.807) is 31.2 Å². The Hall–Kier alpha value is -3.17. The molecule has 2 aromatic carbocycles. The van der Waals surface area contributed by atoms with E-state index in [1.807, 2.05) is 36.4 Å². The van der Waals surface area contributed by atoms with Crippen LogP contribution in [0.5, 0.6) is 0 Å². The highest BCUT2D eigenvalue weighted by atomic mass is 32.2. The molecule has 1 unspecified atom stereocenters. The number of carbonyl (C=O) groups is 1. The van der Waals surface area contributed by atoms with E-state index in [0.717, 1.165) is 17.4 Å². The van der Waals surface area contributed by atoms with Crippen LogP contribution in [-0.2, 0) is 21.4 Å². The maximum Gasteiger partial charge on any atom is 0.247 e. The van der Waals surface area contributed by atoms with Gasteiger partial charge in [0.15, 0.2) is 5.82 Å². The monoisotopic (exact) mass is 414 g/mol. The normalized spacial score (nSPS) is 12.3. The average molecular weight is 414 g/mol. The second kappa shape index (κ2) is 8.89. The van der Waals surface area contributed by atoms with E-state index in [2.05, 4.69) is 20.5 Å². The number of nitrogens with one attached hydrogen (secondary N) is 3. The van der Waals surface area contributed by atoms with Crippen molar-refractivity contribution in [3.8, 4) is 0 Å². The van der Waals surface area contributed by atoms with Gasteiger partial charge < -0.3 is 9.84 Å². The predicted octanol–water partition coefficient (Wildman–Crippen LogP) is 2.82. The smallest absolute Gasteiger partial charge is 0.247 e. The largest absolute Gasteiger partial charge is 0.360 e. The lowest BCUT2D eigenvalue weighted by molar-refractivity contribution is -0.118. The van der Waals surface area contributed by atoms with Gasteiger partial charge in [0.2, 0.25) is 15.9 Å². The summed E-state index contributed by atoms with van der Waals surface area (Å²) in [6, 6.07) is 17.3.